The molecule has 3 rings (SSSR count). The Kier molecular flexibility index (Phi) is 5.95. The Labute approximate surface area is 170 Å². The third-order valence-electron chi connectivity index (χ3n) is 4.56. The number of carbonyl (C=O) groups is 1. The van der Waals surface area contributed by atoms with Crippen LogP contribution in [0, 0.1) is 17.0 Å². The molecule has 1 amide bonds. The lowest BCUT2D eigenvalue weighted by atomic mass is 10.2. The molecule has 3 N–H and O–H groups in total. The standard InChI is InChI=1S/C19H20N4O5S/c1-11-13(18(20)25)9-15(22(11)6-3-7-24)14-10-29-19(21-14)12-4-5-17(28-2)16(8-12)23(26)27/h4-5,8-10,24H,3,6-7H2,1-2H3,(H2,20,25). The molecule has 10 heteroatoms. The predicted octanol–water partition coefficient (Wildman–Crippen LogP) is 2.99. The van der Waals surface area contributed by atoms with Gasteiger partial charge in [0.1, 0.15) is 5.01 Å². The van der Waals surface area contributed by atoms with Crippen LogP contribution in [0.1, 0.15) is 22.5 Å². The van der Waals surface area contributed by atoms with E-state index in [1.807, 2.05) is 9.95 Å². The first-order valence-electron chi connectivity index (χ1n) is 8.76. The van der Waals surface area contributed by atoms with Crippen molar-refractivity contribution in [1.29, 1.82) is 0 Å². The van der Waals surface area contributed by atoms with E-state index in [0.717, 1.165) is 0 Å². The predicted molar refractivity (Wildman–Crippen MR) is 109 cm³/mol. The molecule has 0 radical (unpaired) electrons. The fraction of sp³-hybridized carbons (Fsp3) is 0.263. The Bertz CT molecular complexity index is 1070. The summed E-state index contributed by atoms with van der Waals surface area (Å²) in [6.07, 6.45) is 0.516. The molecule has 0 spiro atoms. The van der Waals surface area contributed by atoms with E-state index >= 15 is 0 Å². The summed E-state index contributed by atoms with van der Waals surface area (Å²) in [6.45, 7) is 2.31. The Morgan fingerprint density at radius 3 is 2.79 bits per heavy atom. The Balaban J connectivity index is 2.04. The average Bonchev–Trinajstić information content (AvgIpc) is 3.30. The maximum atomic E-state index is 11.7. The van der Waals surface area contributed by atoms with Crippen molar-refractivity contribution in [1.82, 2.24) is 9.55 Å². The third-order valence-corrected chi connectivity index (χ3v) is 5.45. The third kappa shape index (κ3) is 3.98. The topological polar surface area (TPSA) is 134 Å². The molecule has 0 atom stereocenters. The summed E-state index contributed by atoms with van der Waals surface area (Å²) in [4.78, 5) is 27.1. The van der Waals surface area contributed by atoms with Gasteiger partial charge in [0.15, 0.2) is 5.75 Å². The number of aliphatic hydroxyl groups excluding tert-OH is 1. The normalized spacial score (nSPS) is 10.9. The number of hydrogen-bond donors (Lipinski definition) is 2. The van der Waals surface area contributed by atoms with E-state index in [0.29, 0.717) is 46.2 Å². The van der Waals surface area contributed by atoms with Crippen molar-refractivity contribution in [2.45, 2.75) is 19.9 Å². The number of rotatable bonds is 8. The van der Waals surface area contributed by atoms with Crippen molar-refractivity contribution in [3.8, 4) is 27.7 Å². The number of primary amides is 1. The van der Waals surface area contributed by atoms with Gasteiger partial charge >= 0.3 is 5.69 Å². The van der Waals surface area contributed by atoms with Crippen molar-refractivity contribution in [3.63, 3.8) is 0 Å². The van der Waals surface area contributed by atoms with Crippen molar-refractivity contribution in [2.75, 3.05) is 13.7 Å². The summed E-state index contributed by atoms with van der Waals surface area (Å²) in [6, 6.07) is 6.35. The van der Waals surface area contributed by atoms with Crippen LogP contribution in [0.3, 0.4) is 0 Å². The van der Waals surface area contributed by atoms with Crippen LogP contribution < -0.4 is 10.5 Å². The lowest BCUT2D eigenvalue weighted by Gasteiger charge is -2.09. The SMILES string of the molecule is COc1ccc(-c2nc(-c3cc(C(N)=O)c(C)n3CCCO)cs2)cc1[N+](=O)[O-]. The van der Waals surface area contributed by atoms with Gasteiger partial charge in [0, 0.05) is 35.9 Å². The largest absolute Gasteiger partial charge is 0.490 e. The summed E-state index contributed by atoms with van der Waals surface area (Å²) < 4.78 is 6.93. The summed E-state index contributed by atoms with van der Waals surface area (Å²) >= 11 is 1.33. The quantitative estimate of drug-likeness (QED) is 0.428. The monoisotopic (exact) mass is 416 g/mol. The zero-order valence-corrected chi connectivity index (χ0v) is 16.7. The molecule has 152 valence electrons. The van der Waals surface area contributed by atoms with Crippen LogP contribution in [0.4, 0.5) is 5.69 Å². The summed E-state index contributed by atoms with van der Waals surface area (Å²) in [5.41, 5.74) is 8.36. The zero-order chi connectivity index (χ0) is 21.1. The van der Waals surface area contributed by atoms with E-state index < -0.39 is 10.8 Å². The van der Waals surface area contributed by atoms with Crippen LogP contribution in [-0.4, -0.2) is 39.2 Å². The van der Waals surface area contributed by atoms with Crippen molar-refractivity contribution in [2.24, 2.45) is 5.73 Å². The highest BCUT2D eigenvalue weighted by molar-refractivity contribution is 7.13. The second-order valence-electron chi connectivity index (χ2n) is 6.30. The van der Waals surface area contributed by atoms with Crippen molar-refractivity contribution in [3.05, 3.63) is 51.0 Å². The molecule has 0 aliphatic heterocycles. The smallest absolute Gasteiger partial charge is 0.311 e. The number of nitro groups is 1. The number of nitro benzene ring substituents is 1. The molecule has 0 fully saturated rings. The highest BCUT2D eigenvalue weighted by Crippen LogP contribution is 2.35. The maximum absolute atomic E-state index is 11.7. The van der Waals surface area contributed by atoms with E-state index in [1.54, 1.807) is 19.1 Å². The molecule has 0 saturated carbocycles. The van der Waals surface area contributed by atoms with Gasteiger partial charge in [-0.2, -0.15) is 0 Å². The molecule has 0 unspecified atom stereocenters. The van der Waals surface area contributed by atoms with E-state index in [2.05, 4.69) is 4.98 Å². The number of nitrogens with two attached hydrogens (primary N) is 1. The van der Waals surface area contributed by atoms with Crippen LogP contribution in [0.2, 0.25) is 0 Å². The van der Waals surface area contributed by atoms with Gasteiger partial charge in [-0.05, 0) is 31.5 Å². The van der Waals surface area contributed by atoms with Gasteiger partial charge in [0.05, 0.1) is 29.0 Å². The van der Waals surface area contributed by atoms with Gasteiger partial charge in [0.25, 0.3) is 5.91 Å². The van der Waals surface area contributed by atoms with E-state index in [-0.39, 0.29) is 18.0 Å². The van der Waals surface area contributed by atoms with Crippen molar-refractivity contribution < 1.29 is 19.6 Å². The molecule has 2 aromatic heterocycles. The van der Waals surface area contributed by atoms with E-state index in [4.69, 9.17) is 10.5 Å². The fourth-order valence-corrected chi connectivity index (χ4v) is 3.92. The Hall–Kier alpha value is -3.24. The van der Waals surface area contributed by atoms with Crippen molar-refractivity contribution >= 4 is 22.9 Å². The minimum Gasteiger partial charge on any atom is -0.490 e. The molecule has 0 saturated heterocycles. The molecule has 1 aromatic carbocycles. The zero-order valence-electron chi connectivity index (χ0n) is 15.9. The molecule has 0 aliphatic rings. The second-order valence-corrected chi connectivity index (χ2v) is 7.16. The van der Waals surface area contributed by atoms with Crippen LogP contribution in [0.15, 0.2) is 29.6 Å². The number of carbonyl (C=O) groups excluding carboxylic acids is 1. The molecular formula is C19H20N4O5S. The molecule has 0 bridgehead atoms. The summed E-state index contributed by atoms with van der Waals surface area (Å²) in [5.74, 6) is -0.358. The van der Waals surface area contributed by atoms with E-state index in [9.17, 15) is 20.0 Å². The van der Waals surface area contributed by atoms with Gasteiger partial charge in [-0.15, -0.1) is 11.3 Å². The van der Waals surface area contributed by atoms with Gasteiger partial charge < -0.3 is 20.1 Å². The average molecular weight is 416 g/mol. The highest BCUT2D eigenvalue weighted by atomic mass is 32.1. The molecular weight excluding hydrogens is 396 g/mol. The number of aliphatic hydroxyl groups is 1. The highest BCUT2D eigenvalue weighted by Gasteiger charge is 2.20. The molecule has 9 nitrogen and oxygen atoms in total. The number of ether oxygens (including phenoxy) is 1. The second kappa shape index (κ2) is 8.41. The Morgan fingerprint density at radius 1 is 1.41 bits per heavy atom. The number of hydrogen-bond acceptors (Lipinski definition) is 7. The van der Waals surface area contributed by atoms with Gasteiger partial charge in [-0.25, -0.2) is 4.98 Å². The van der Waals surface area contributed by atoms with Gasteiger partial charge in [0.2, 0.25) is 0 Å². The van der Waals surface area contributed by atoms with Crippen LogP contribution >= 0.6 is 11.3 Å². The lowest BCUT2D eigenvalue weighted by molar-refractivity contribution is -0.385. The number of methoxy groups -OCH3 is 1. The van der Waals surface area contributed by atoms with Crippen LogP contribution in [0.25, 0.3) is 22.0 Å². The number of amides is 1. The first kappa shape index (κ1) is 20.5. The van der Waals surface area contributed by atoms with Gasteiger partial charge in [-0.1, -0.05) is 0 Å². The van der Waals surface area contributed by atoms with Crippen LogP contribution in [-0.2, 0) is 6.54 Å². The molecule has 3 aromatic rings. The minimum atomic E-state index is -0.535. The number of benzene rings is 1. The molecule has 0 aliphatic carbocycles. The summed E-state index contributed by atoms with van der Waals surface area (Å²) in [7, 11) is 1.38. The molecule has 29 heavy (non-hydrogen) atoms. The van der Waals surface area contributed by atoms with Crippen LogP contribution in [0.5, 0.6) is 5.75 Å². The number of thiazole rings is 1. The number of nitrogens with zero attached hydrogens (tertiary/aromatic N) is 3. The minimum absolute atomic E-state index is 0.0147. The first-order chi connectivity index (χ1) is 13.9. The fourth-order valence-electron chi connectivity index (χ4n) is 3.11. The maximum Gasteiger partial charge on any atom is 0.311 e. The van der Waals surface area contributed by atoms with E-state index in [1.165, 1.54) is 30.6 Å². The first-order valence-corrected chi connectivity index (χ1v) is 9.64. The molecule has 2 heterocycles. The summed E-state index contributed by atoms with van der Waals surface area (Å²) in [5, 5.41) is 22.9. The number of aromatic nitrogens is 2. The van der Waals surface area contributed by atoms with Gasteiger partial charge in [-0.3, -0.25) is 14.9 Å². The Morgan fingerprint density at radius 2 is 2.17 bits per heavy atom. The lowest BCUT2D eigenvalue weighted by Crippen LogP contribution is -2.12.